The molecule has 0 aromatic carbocycles. The van der Waals surface area contributed by atoms with Crippen molar-refractivity contribution in [3.63, 3.8) is 0 Å². The molecule has 2 saturated heterocycles. The third-order valence-electron chi connectivity index (χ3n) is 3.76. The molecular weight excluding hydrogens is 162 g/mol. The van der Waals surface area contributed by atoms with E-state index in [1.165, 1.54) is 38.8 Å². The smallest absolute Gasteiger partial charge is 0.0218 e. The third-order valence-corrected chi connectivity index (χ3v) is 3.76. The van der Waals surface area contributed by atoms with Gasteiger partial charge in [-0.25, -0.2) is 5.01 Å². The van der Waals surface area contributed by atoms with E-state index < -0.39 is 0 Å². The third kappa shape index (κ3) is 1.87. The standard InChI is InChI=1S/C10H21N3/c1-9-7-10(4-6-13(9)11)3-2-5-12-8-10/h9,12H,2-8,11H2,1H3. The second kappa shape index (κ2) is 3.56. The first-order chi connectivity index (χ1) is 6.22. The summed E-state index contributed by atoms with van der Waals surface area (Å²) in [4.78, 5) is 0. The zero-order valence-electron chi connectivity index (χ0n) is 8.55. The van der Waals surface area contributed by atoms with E-state index in [0.29, 0.717) is 11.5 Å². The summed E-state index contributed by atoms with van der Waals surface area (Å²) in [6, 6.07) is 0.564. The van der Waals surface area contributed by atoms with Gasteiger partial charge >= 0.3 is 0 Å². The fourth-order valence-electron chi connectivity index (χ4n) is 2.85. The van der Waals surface area contributed by atoms with Crippen LogP contribution in [-0.2, 0) is 0 Å². The Bertz CT molecular complexity index is 175. The second-order valence-electron chi connectivity index (χ2n) is 4.82. The van der Waals surface area contributed by atoms with E-state index in [0.717, 1.165) is 6.54 Å². The van der Waals surface area contributed by atoms with E-state index in [1.54, 1.807) is 0 Å². The average molecular weight is 183 g/mol. The first kappa shape index (κ1) is 9.44. The summed E-state index contributed by atoms with van der Waals surface area (Å²) in [6.07, 6.45) is 5.30. The van der Waals surface area contributed by atoms with Gasteiger partial charge in [-0.2, -0.15) is 0 Å². The molecule has 2 atom stereocenters. The maximum absolute atomic E-state index is 5.88. The molecule has 0 saturated carbocycles. The molecular formula is C10H21N3. The molecule has 2 heterocycles. The fraction of sp³-hybridized carbons (Fsp3) is 1.00. The Balaban J connectivity index is 1.99. The highest BCUT2D eigenvalue weighted by molar-refractivity contribution is 4.92. The number of nitrogens with one attached hydrogen (secondary N) is 1. The van der Waals surface area contributed by atoms with E-state index in [2.05, 4.69) is 12.2 Å². The van der Waals surface area contributed by atoms with Crippen LogP contribution in [0.3, 0.4) is 0 Å². The average Bonchev–Trinajstić information content (AvgIpc) is 2.14. The van der Waals surface area contributed by atoms with Crippen LogP contribution in [0.1, 0.15) is 32.6 Å². The van der Waals surface area contributed by atoms with Gasteiger partial charge in [0.15, 0.2) is 0 Å². The molecule has 3 N–H and O–H groups in total. The zero-order valence-corrected chi connectivity index (χ0v) is 8.55. The molecule has 13 heavy (non-hydrogen) atoms. The van der Waals surface area contributed by atoms with Gasteiger partial charge in [0.05, 0.1) is 0 Å². The molecule has 2 aliphatic rings. The van der Waals surface area contributed by atoms with Gasteiger partial charge < -0.3 is 5.32 Å². The van der Waals surface area contributed by atoms with Gasteiger partial charge in [0.25, 0.3) is 0 Å². The molecule has 0 amide bonds. The van der Waals surface area contributed by atoms with Crippen molar-refractivity contribution < 1.29 is 0 Å². The molecule has 0 radical (unpaired) electrons. The number of hydrogen-bond acceptors (Lipinski definition) is 3. The van der Waals surface area contributed by atoms with Crippen LogP contribution in [0.4, 0.5) is 0 Å². The largest absolute Gasteiger partial charge is 0.316 e. The number of hydrazine groups is 1. The molecule has 2 rings (SSSR count). The zero-order chi connectivity index (χ0) is 9.31. The minimum atomic E-state index is 0.564. The summed E-state index contributed by atoms with van der Waals surface area (Å²) in [5.74, 6) is 5.88. The van der Waals surface area contributed by atoms with Crippen molar-refractivity contribution in [1.29, 1.82) is 0 Å². The highest BCUT2D eigenvalue weighted by atomic mass is 15.4. The molecule has 3 heteroatoms. The summed E-state index contributed by atoms with van der Waals surface area (Å²) in [5.41, 5.74) is 0.577. The summed E-state index contributed by atoms with van der Waals surface area (Å²) in [6.45, 7) is 5.74. The van der Waals surface area contributed by atoms with E-state index in [-0.39, 0.29) is 0 Å². The minimum absolute atomic E-state index is 0.564. The first-order valence-electron chi connectivity index (χ1n) is 5.44. The van der Waals surface area contributed by atoms with Crippen molar-refractivity contribution in [2.75, 3.05) is 19.6 Å². The van der Waals surface area contributed by atoms with Crippen LogP contribution in [0.5, 0.6) is 0 Å². The van der Waals surface area contributed by atoms with E-state index in [4.69, 9.17) is 5.84 Å². The molecule has 0 aromatic heterocycles. The van der Waals surface area contributed by atoms with Crippen LogP contribution in [0, 0.1) is 5.41 Å². The predicted molar refractivity (Wildman–Crippen MR) is 54.1 cm³/mol. The van der Waals surface area contributed by atoms with Gasteiger partial charge in [0.1, 0.15) is 0 Å². The topological polar surface area (TPSA) is 41.3 Å². The second-order valence-corrected chi connectivity index (χ2v) is 4.82. The molecule has 1 spiro atoms. The Morgan fingerprint density at radius 1 is 1.46 bits per heavy atom. The van der Waals surface area contributed by atoms with Gasteiger partial charge in [0.2, 0.25) is 0 Å². The Morgan fingerprint density at radius 3 is 2.92 bits per heavy atom. The van der Waals surface area contributed by atoms with Crippen molar-refractivity contribution in [3.8, 4) is 0 Å². The number of hydrogen-bond donors (Lipinski definition) is 2. The molecule has 0 aliphatic carbocycles. The lowest BCUT2D eigenvalue weighted by Gasteiger charge is -2.46. The number of piperidine rings is 2. The van der Waals surface area contributed by atoms with Gasteiger partial charge in [-0.05, 0) is 44.6 Å². The van der Waals surface area contributed by atoms with Crippen LogP contribution in [0.25, 0.3) is 0 Å². The molecule has 2 unspecified atom stereocenters. The van der Waals surface area contributed by atoms with Gasteiger partial charge in [-0.1, -0.05) is 0 Å². The van der Waals surface area contributed by atoms with Crippen LogP contribution < -0.4 is 11.2 Å². The lowest BCUT2D eigenvalue weighted by atomic mass is 9.71. The van der Waals surface area contributed by atoms with E-state index >= 15 is 0 Å². The summed E-state index contributed by atoms with van der Waals surface area (Å²) in [7, 11) is 0. The minimum Gasteiger partial charge on any atom is -0.316 e. The maximum Gasteiger partial charge on any atom is 0.0218 e. The number of nitrogens with zero attached hydrogens (tertiary/aromatic N) is 1. The van der Waals surface area contributed by atoms with E-state index in [1.807, 2.05) is 5.01 Å². The molecule has 2 fully saturated rings. The number of rotatable bonds is 0. The summed E-state index contributed by atoms with van der Waals surface area (Å²) >= 11 is 0. The van der Waals surface area contributed by atoms with Crippen molar-refractivity contribution in [1.82, 2.24) is 10.3 Å². The van der Waals surface area contributed by atoms with Crippen LogP contribution >= 0.6 is 0 Å². The normalized spacial score (nSPS) is 42.5. The highest BCUT2D eigenvalue weighted by Gasteiger charge is 2.37. The Kier molecular flexibility index (Phi) is 2.58. The summed E-state index contributed by atoms with van der Waals surface area (Å²) < 4.78 is 0. The maximum atomic E-state index is 5.88. The lowest BCUT2D eigenvalue weighted by Crippen LogP contribution is -2.53. The van der Waals surface area contributed by atoms with Crippen LogP contribution in [0.2, 0.25) is 0 Å². The molecule has 2 aliphatic heterocycles. The summed E-state index contributed by atoms with van der Waals surface area (Å²) in [5, 5.41) is 5.52. The van der Waals surface area contributed by atoms with Crippen molar-refractivity contribution >= 4 is 0 Å². The predicted octanol–water partition coefficient (Wildman–Crippen LogP) is 0.714. The Morgan fingerprint density at radius 2 is 2.31 bits per heavy atom. The highest BCUT2D eigenvalue weighted by Crippen LogP contribution is 2.38. The Hall–Kier alpha value is -0.120. The van der Waals surface area contributed by atoms with Crippen molar-refractivity contribution in [3.05, 3.63) is 0 Å². The molecule has 76 valence electrons. The SMILES string of the molecule is CC1CC2(CCCNC2)CCN1N. The van der Waals surface area contributed by atoms with Crippen LogP contribution in [-0.4, -0.2) is 30.7 Å². The van der Waals surface area contributed by atoms with Crippen molar-refractivity contribution in [2.24, 2.45) is 11.3 Å². The van der Waals surface area contributed by atoms with Gasteiger partial charge in [0, 0.05) is 19.1 Å². The molecule has 3 nitrogen and oxygen atoms in total. The van der Waals surface area contributed by atoms with Gasteiger partial charge in [-0.3, -0.25) is 5.84 Å². The Labute approximate surface area is 80.6 Å². The lowest BCUT2D eigenvalue weighted by molar-refractivity contribution is 0.0393. The monoisotopic (exact) mass is 183 g/mol. The molecule has 0 aromatic rings. The quantitative estimate of drug-likeness (QED) is 0.544. The molecule has 0 bridgehead atoms. The van der Waals surface area contributed by atoms with E-state index in [9.17, 15) is 0 Å². The van der Waals surface area contributed by atoms with Crippen LogP contribution in [0.15, 0.2) is 0 Å². The van der Waals surface area contributed by atoms with Crippen molar-refractivity contribution in [2.45, 2.75) is 38.6 Å². The number of nitrogens with two attached hydrogens (primary N) is 1. The first-order valence-corrected chi connectivity index (χ1v) is 5.44. The fourth-order valence-corrected chi connectivity index (χ4v) is 2.85. The van der Waals surface area contributed by atoms with Gasteiger partial charge in [-0.15, -0.1) is 0 Å².